The van der Waals surface area contributed by atoms with E-state index in [0.29, 0.717) is 36.1 Å². The van der Waals surface area contributed by atoms with Gasteiger partial charge in [-0.2, -0.15) is 4.98 Å². The molecule has 0 radical (unpaired) electrons. The lowest BCUT2D eigenvalue weighted by Crippen LogP contribution is -2.41. The number of ether oxygens (including phenoxy) is 1. The number of benzene rings is 2. The summed E-state index contributed by atoms with van der Waals surface area (Å²) in [6.45, 7) is 1.20. The number of carbonyl (C=O) groups is 1. The van der Waals surface area contributed by atoms with E-state index < -0.39 is 0 Å². The Labute approximate surface area is 161 Å². The first-order valence-corrected chi connectivity index (χ1v) is 9.24. The highest BCUT2D eigenvalue weighted by Crippen LogP contribution is 2.27. The van der Waals surface area contributed by atoms with Crippen LogP contribution in [0, 0.1) is 5.82 Å². The molecule has 2 heterocycles. The Kier molecular flexibility index (Phi) is 5.32. The minimum Gasteiger partial charge on any atom is -0.484 e. The zero-order chi connectivity index (χ0) is 19.3. The number of likely N-dealkylation sites (tertiary alicyclic amines) is 1. The van der Waals surface area contributed by atoms with Crippen LogP contribution in [0.4, 0.5) is 4.39 Å². The second kappa shape index (κ2) is 8.21. The van der Waals surface area contributed by atoms with Gasteiger partial charge in [-0.3, -0.25) is 4.79 Å². The average Bonchev–Trinajstić information content (AvgIpc) is 3.24. The van der Waals surface area contributed by atoms with Gasteiger partial charge < -0.3 is 14.2 Å². The number of amides is 1. The van der Waals surface area contributed by atoms with Crippen LogP contribution in [0.3, 0.4) is 0 Å². The van der Waals surface area contributed by atoms with Gasteiger partial charge in [0, 0.05) is 18.7 Å². The van der Waals surface area contributed by atoms with Crippen LogP contribution in [-0.2, 0) is 4.79 Å². The highest BCUT2D eigenvalue weighted by molar-refractivity contribution is 5.78. The second-order valence-electron chi connectivity index (χ2n) is 6.74. The van der Waals surface area contributed by atoms with E-state index in [9.17, 15) is 9.18 Å². The van der Waals surface area contributed by atoms with Gasteiger partial charge >= 0.3 is 0 Å². The lowest BCUT2D eigenvalue weighted by atomic mass is 9.98. The van der Waals surface area contributed by atoms with Gasteiger partial charge in [-0.05, 0) is 49.2 Å². The maximum atomic E-state index is 13.1. The summed E-state index contributed by atoms with van der Waals surface area (Å²) in [7, 11) is 0. The predicted molar refractivity (Wildman–Crippen MR) is 100 cm³/mol. The summed E-state index contributed by atoms with van der Waals surface area (Å²) in [6, 6.07) is 15.2. The zero-order valence-electron chi connectivity index (χ0n) is 15.3. The van der Waals surface area contributed by atoms with Gasteiger partial charge in [0.2, 0.25) is 11.7 Å². The third-order valence-corrected chi connectivity index (χ3v) is 4.77. The van der Waals surface area contributed by atoms with Crippen LogP contribution >= 0.6 is 0 Å². The fourth-order valence-electron chi connectivity index (χ4n) is 3.28. The molecule has 1 aliphatic heterocycles. The smallest absolute Gasteiger partial charge is 0.260 e. The molecule has 1 fully saturated rings. The lowest BCUT2D eigenvalue weighted by molar-refractivity contribution is -0.134. The van der Waals surface area contributed by atoms with Gasteiger partial charge in [0.1, 0.15) is 11.6 Å². The van der Waals surface area contributed by atoms with Crippen molar-refractivity contribution in [2.24, 2.45) is 0 Å². The molecule has 144 valence electrons. The molecule has 1 saturated heterocycles. The van der Waals surface area contributed by atoms with Crippen molar-refractivity contribution in [1.29, 1.82) is 0 Å². The normalized spacial score (nSPS) is 16.8. The first-order valence-electron chi connectivity index (χ1n) is 9.24. The molecular weight excluding hydrogens is 361 g/mol. The summed E-state index contributed by atoms with van der Waals surface area (Å²) < 4.78 is 24.1. The quantitative estimate of drug-likeness (QED) is 0.675. The summed E-state index contributed by atoms with van der Waals surface area (Å²) >= 11 is 0. The van der Waals surface area contributed by atoms with Gasteiger partial charge in [0.25, 0.3) is 5.91 Å². The Balaban J connectivity index is 1.38. The Morgan fingerprint density at radius 2 is 1.96 bits per heavy atom. The molecule has 1 atom stereocenters. The zero-order valence-corrected chi connectivity index (χ0v) is 15.3. The molecule has 1 aromatic heterocycles. The van der Waals surface area contributed by atoms with Gasteiger partial charge in [-0.25, -0.2) is 4.39 Å². The highest BCUT2D eigenvalue weighted by atomic mass is 19.1. The van der Waals surface area contributed by atoms with Crippen molar-refractivity contribution in [3.63, 3.8) is 0 Å². The van der Waals surface area contributed by atoms with E-state index in [-0.39, 0.29) is 24.2 Å². The Hall–Kier alpha value is -3.22. The van der Waals surface area contributed by atoms with Crippen molar-refractivity contribution in [2.75, 3.05) is 19.7 Å². The number of nitrogens with zero attached hydrogens (tertiary/aromatic N) is 3. The standard InChI is InChI=1S/C21H20FN3O3/c22-17-10-8-15(9-11-17)20-23-21(28-24-20)16-5-4-12-25(13-16)19(26)14-27-18-6-2-1-3-7-18/h1-3,6-11,16H,4-5,12-14H2/t16-/m0/s1. The van der Waals surface area contributed by atoms with Crippen LogP contribution in [-0.4, -0.2) is 40.6 Å². The number of aromatic nitrogens is 2. The van der Waals surface area contributed by atoms with E-state index in [4.69, 9.17) is 9.26 Å². The lowest BCUT2D eigenvalue weighted by Gasteiger charge is -2.30. The fraction of sp³-hybridized carbons (Fsp3) is 0.286. The highest BCUT2D eigenvalue weighted by Gasteiger charge is 2.29. The molecule has 0 aliphatic carbocycles. The van der Waals surface area contributed by atoms with Gasteiger partial charge in [-0.15, -0.1) is 0 Å². The van der Waals surface area contributed by atoms with Crippen LogP contribution in [0.5, 0.6) is 5.75 Å². The SMILES string of the molecule is O=C(COc1ccccc1)N1CCC[C@H](c2nc(-c3ccc(F)cc3)no2)C1. The third kappa shape index (κ3) is 4.19. The van der Waals surface area contributed by atoms with E-state index in [1.54, 1.807) is 17.0 Å². The Bertz CT molecular complexity index is 928. The number of rotatable bonds is 5. The summed E-state index contributed by atoms with van der Waals surface area (Å²) in [5, 5.41) is 4.00. The van der Waals surface area contributed by atoms with Gasteiger partial charge in [0.05, 0.1) is 5.92 Å². The summed E-state index contributed by atoms with van der Waals surface area (Å²) in [6.07, 6.45) is 1.73. The molecule has 1 amide bonds. The molecule has 7 heteroatoms. The fourth-order valence-corrected chi connectivity index (χ4v) is 3.28. The minimum absolute atomic E-state index is 0.00139. The maximum Gasteiger partial charge on any atom is 0.260 e. The minimum atomic E-state index is -0.313. The maximum absolute atomic E-state index is 13.1. The molecule has 0 N–H and O–H groups in total. The summed E-state index contributed by atoms with van der Waals surface area (Å²) in [5.74, 6) is 1.20. The Morgan fingerprint density at radius 1 is 1.18 bits per heavy atom. The van der Waals surface area contributed by atoms with Crippen molar-refractivity contribution < 1.29 is 18.4 Å². The topological polar surface area (TPSA) is 68.5 Å². The number of halogens is 1. The molecule has 6 nitrogen and oxygen atoms in total. The van der Waals surface area contributed by atoms with E-state index in [1.807, 2.05) is 30.3 Å². The monoisotopic (exact) mass is 381 g/mol. The number of para-hydroxylation sites is 1. The first kappa shape index (κ1) is 18.2. The van der Waals surface area contributed by atoms with Crippen molar-refractivity contribution in [1.82, 2.24) is 15.0 Å². The summed E-state index contributed by atoms with van der Waals surface area (Å²) in [5.41, 5.74) is 0.691. The number of carbonyl (C=O) groups excluding carboxylic acids is 1. The molecule has 1 aliphatic rings. The van der Waals surface area contributed by atoms with Crippen molar-refractivity contribution in [3.8, 4) is 17.1 Å². The molecule has 2 aromatic carbocycles. The average molecular weight is 381 g/mol. The molecule has 28 heavy (non-hydrogen) atoms. The number of hydrogen-bond acceptors (Lipinski definition) is 5. The molecule has 0 spiro atoms. The van der Waals surface area contributed by atoms with E-state index in [2.05, 4.69) is 10.1 Å². The second-order valence-corrected chi connectivity index (χ2v) is 6.74. The molecule has 0 bridgehead atoms. The molecule has 0 unspecified atom stereocenters. The van der Waals surface area contributed by atoms with Crippen LogP contribution in [0.15, 0.2) is 59.1 Å². The van der Waals surface area contributed by atoms with Crippen molar-refractivity contribution in [3.05, 3.63) is 66.3 Å². The van der Waals surface area contributed by atoms with Crippen LogP contribution in [0.2, 0.25) is 0 Å². The third-order valence-electron chi connectivity index (χ3n) is 4.77. The number of hydrogen-bond donors (Lipinski definition) is 0. The van der Waals surface area contributed by atoms with Crippen molar-refractivity contribution >= 4 is 5.91 Å². The van der Waals surface area contributed by atoms with Crippen LogP contribution in [0.1, 0.15) is 24.7 Å². The van der Waals surface area contributed by atoms with Gasteiger partial charge in [0.15, 0.2) is 6.61 Å². The Morgan fingerprint density at radius 3 is 2.75 bits per heavy atom. The number of piperidine rings is 1. The first-order chi connectivity index (χ1) is 13.7. The van der Waals surface area contributed by atoms with E-state index in [0.717, 1.165) is 12.8 Å². The van der Waals surface area contributed by atoms with Crippen molar-refractivity contribution in [2.45, 2.75) is 18.8 Å². The predicted octanol–water partition coefficient (Wildman–Crippen LogP) is 3.66. The van der Waals surface area contributed by atoms with Crippen LogP contribution in [0.25, 0.3) is 11.4 Å². The van der Waals surface area contributed by atoms with E-state index >= 15 is 0 Å². The molecule has 0 saturated carbocycles. The van der Waals surface area contributed by atoms with E-state index in [1.165, 1.54) is 12.1 Å². The largest absolute Gasteiger partial charge is 0.484 e. The van der Waals surface area contributed by atoms with Gasteiger partial charge in [-0.1, -0.05) is 23.4 Å². The molecule has 3 aromatic rings. The van der Waals surface area contributed by atoms with Crippen LogP contribution < -0.4 is 4.74 Å². The molecular formula is C21H20FN3O3. The summed E-state index contributed by atoms with van der Waals surface area (Å²) in [4.78, 5) is 18.7. The molecule has 4 rings (SSSR count).